The fourth-order valence-electron chi connectivity index (χ4n) is 6.28. The molecule has 2 aliphatic rings. The van der Waals surface area contributed by atoms with E-state index in [1.165, 1.54) is 5.56 Å². The zero-order chi connectivity index (χ0) is 28.9. The van der Waals surface area contributed by atoms with Crippen molar-refractivity contribution in [3.8, 4) is 11.4 Å². The van der Waals surface area contributed by atoms with E-state index < -0.39 is 26.3 Å². The number of pyridine rings is 1. The molecule has 2 aliphatic heterocycles. The maximum atomic E-state index is 12.5. The fourth-order valence-corrected chi connectivity index (χ4v) is 7.60. The Morgan fingerprint density at radius 3 is 2.27 bits per heavy atom. The summed E-state index contributed by atoms with van der Waals surface area (Å²) in [5.74, 6) is 1.32. The third-order valence-corrected chi connectivity index (χ3v) is 11.0. The fraction of sp³-hybridized carbons (Fsp3) is 0.567. The van der Waals surface area contributed by atoms with Crippen molar-refractivity contribution in [2.45, 2.75) is 70.1 Å². The van der Waals surface area contributed by atoms with Crippen molar-refractivity contribution in [3.05, 3.63) is 65.3 Å². The topological polar surface area (TPSA) is 113 Å². The summed E-state index contributed by atoms with van der Waals surface area (Å²) in [6, 6.07) is 10.2. The Morgan fingerprint density at radius 2 is 1.70 bits per heavy atom. The van der Waals surface area contributed by atoms with Crippen molar-refractivity contribution >= 4 is 10.0 Å². The Labute approximate surface area is 237 Å². The molecular formula is C30H41N5O4S. The van der Waals surface area contributed by atoms with Gasteiger partial charge in [-0.25, -0.2) is 12.7 Å². The summed E-state index contributed by atoms with van der Waals surface area (Å²) in [4.78, 5) is 11.4. The van der Waals surface area contributed by atoms with Crippen molar-refractivity contribution in [2.24, 2.45) is 5.41 Å². The molecule has 0 bridgehead atoms. The van der Waals surface area contributed by atoms with Gasteiger partial charge in [-0.05, 0) is 56.8 Å². The van der Waals surface area contributed by atoms with Crippen LogP contribution < -0.4 is 0 Å². The SMILES string of the molecule is CC(C)c1ccc(C(O)(c2cncc(-c3noc(C4CCN(S(=O)(=O)C(C)C)CC4)n3)c2)C2(C)CN(C)C2)cc1. The van der Waals surface area contributed by atoms with E-state index in [2.05, 4.69) is 60.0 Å². The molecule has 1 unspecified atom stereocenters. The van der Waals surface area contributed by atoms with Crippen LogP contribution in [-0.2, 0) is 15.6 Å². The van der Waals surface area contributed by atoms with Crippen LogP contribution in [0.5, 0.6) is 0 Å². The zero-order valence-electron chi connectivity index (χ0n) is 24.3. The second-order valence-corrected chi connectivity index (χ2v) is 14.9. The summed E-state index contributed by atoms with van der Waals surface area (Å²) < 4.78 is 32.3. The zero-order valence-corrected chi connectivity index (χ0v) is 25.1. The van der Waals surface area contributed by atoms with Gasteiger partial charge in [0.25, 0.3) is 0 Å². The molecule has 0 saturated carbocycles. The van der Waals surface area contributed by atoms with Gasteiger partial charge in [0.15, 0.2) is 0 Å². The smallest absolute Gasteiger partial charge is 0.230 e. The van der Waals surface area contributed by atoms with Gasteiger partial charge in [0.1, 0.15) is 5.60 Å². The van der Waals surface area contributed by atoms with Crippen molar-refractivity contribution in [1.29, 1.82) is 0 Å². The number of piperidine rings is 1. The lowest BCUT2D eigenvalue weighted by atomic mass is 9.62. The minimum Gasteiger partial charge on any atom is -0.380 e. The van der Waals surface area contributed by atoms with Gasteiger partial charge in [-0.3, -0.25) is 4.98 Å². The van der Waals surface area contributed by atoms with E-state index in [9.17, 15) is 13.5 Å². The Balaban J connectivity index is 1.42. The molecule has 4 heterocycles. The summed E-state index contributed by atoms with van der Waals surface area (Å²) in [6.45, 7) is 12.2. The first kappa shape index (κ1) is 28.9. The number of likely N-dealkylation sites (tertiary alicyclic amines) is 1. The van der Waals surface area contributed by atoms with Gasteiger partial charge in [0.2, 0.25) is 21.7 Å². The van der Waals surface area contributed by atoms with Crippen LogP contribution in [0.3, 0.4) is 0 Å². The lowest BCUT2D eigenvalue weighted by molar-refractivity contribution is -0.127. The molecule has 1 N–H and O–H groups in total. The van der Waals surface area contributed by atoms with Crippen LogP contribution in [-0.4, -0.2) is 76.3 Å². The van der Waals surface area contributed by atoms with Crippen LogP contribution in [0.25, 0.3) is 11.4 Å². The first-order valence-corrected chi connectivity index (χ1v) is 15.7. The molecule has 9 nitrogen and oxygen atoms in total. The second-order valence-electron chi connectivity index (χ2n) is 12.4. The number of benzene rings is 1. The van der Waals surface area contributed by atoms with Crippen molar-refractivity contribution < 1.29 is 18.0 Å². The molecule has 0 spiro atoms. The van der Waals surface area contributed by atoms with Gasteiger partial charge < -0.3 is 14.5 Å². The van der Waals surface area contributed by atoms with E-state index in [1.54, 1.807) is 30.5 Å². The van der Waals surface area contributed by atoms with Gasteiger partial charge in [-0.15, -0.1) is 0 Å². The van der Waals surface area contributed by atoms with E-state index in [1.807, 2.05) is 18.2 Å². The third-order valence-electron chi connectivity index (χ3n) is 8.72. The minimum absolute atomic E-state index is 0.00293. The molecule has 1 aromatic carbocycles. The maximum Gasteiger partial charge on any atom is 0.230 e. The molecule has 2 saturated heterocycles. The first-order valence-electron chi connectivity index (χ1n) is 14.1. The van der Waals surface area contributed by atoms with Crippen LogP contribution in [0.15, 0.2) is 47.2 Å². The number of aliphatic hydroxyl groups is 1. The van der Waals surface area contributed by atoms with E-state index in [-0.39, 0.29) is 5.92 Å². The highest BCUT2D eigenvalue weighted by Crippen LogP contribution is 2.50. The highest BCUT2D eigenvalue weighted by molar-refractivity contribution is 7.89. The van der Waals surface area contributed by atoms with E-state index >= 15 is 0 Å². The van der Waals surface area contributed by atoms with Crippen molar-refractivity contribution in [1.82, 2.24) is 24.3 Å². The number of aromatic nitrogens is 3. The highest BCUT2D eigenvalue weighted by Gasteiger charge is 2.55. The van der Waals surface area contributed by atoms with Crippen molar-refractivity contribution in [3.63, 3.8) is 0 Å². The molecule has 1 atom stereocenters. The Kier molecular flexibility index (Phi) is 7.67. The molecule has 10 heteroatoms. The molecular weight excluding hydrogens is 526 g/mol. The molecule has 2 fully saturated rings. The number of sulfonamides is 1. The van der Waals surface area contributed by atoms with Crippen LogP contribution in [0.4, 0.5) is 0 Å². The van der Waals surface area contributed by atoms with E-state index in [4.69, 9.17) is 4.52 Å². The summed E-state index contributed by atoms with van der Waals surface area (Å²) in [5, 5.41) is 16.3. The van der Waals surface area contributed by atoms with E-state index in [0.29, 0.717) is 54.7 Å². The predicted molar refractivity (Wildman–Crippen MR) is 154 cm³/mol. The third kappa shape index (κ3) is 5.00. The summed E-state index contributed by atoms with van der Waals surface area (Å²) in [7, 11) is -1.22. The van der Waals surface area contributed by atoms with Gasteiger partial charge in [0, 0.05) is 61.0 Å². The Hall–Kier alpha value is -2.66. The Morgan fingerprint density at radius 1 is 1.05 bits per heavy atom. The largest absolute Gasteiger partial charge is 0.380 e. The van der Waals surface area contributed by atoms with Crippen LogP contribution in [0.2, 0.25) is 0 Å². The van der Waals surface area contributed by atoms with E-state index in [0.717, 1.165) is 18.7 Å². The van der Waals surface area contributed by atoms with Gasteiger partial charge in [-0.1, -0.05) is 50.2 Å². The van der Waals surface area contributed by atoms with Gasteiger partial charge in [0.05, 0.1) is 5.25 Å². The normalized spacial score (nSPS) is 20.5. The predicted octanol–water partition coefficient (Wildman–Crippen LogP) is 4.36. The minimum atomic E-state index is -3.27. The molecule has 0 radical (unpaired) electrons. The van der Waals surface area contributed by atoms with Crippen LogP contribution >= 0.6 is 0 Å². The summed E-state index contributed by atoms with van der Waals surface area (Å²) in [5.41, 5.74) is 1.74. The molecule has 2 aromatic heterocycles. The molecule has 3 aromatic rings. The molecule has 0 amide bonds. The average molecular weight is 568 g/mol. The monoisotopic (exact) mass is 567 g/mol. The number of hydrogen-bond acceptors (Lipinski definition) is 8. The standard InChI is InChI=1S/C30H41N5O4S/c1-20(2)22-7-9-25(10-8-22)30(36,29(5)18-34(6)19-29)26-15-24(16-31-17-26)27-32-28(39-33-27)23-11-13-35(14-12-23)40(37,38)21(3)4/h7-10,15-17,20-21,23,36H,11-14,18-19H2,1-6H3. The lowest BCUT2D eigenvalue weighted by Gasteiger charge is -2.55. The lowest BCUT2D eigenvalue weighted by Crippen LogP contribution is -2.63. The molecule has 5 rings (SSSR count). The summed E-state index contributed by atoms with van der Waals surface area (Å²) in [6.07, 6.45) is 4.68. The average Bonchev–Trinajstić information content (AvgIpc) is 3.42. The summed E-state index contributed by atoms with van der Waals surface area (Å²) >= 11 is 0. The first-order chi connectivity index (χ1) is 18.8. The number of nitrogens with zero attached hydrogens (tertiary/aromatic N) is 5. The molecule has 40 heavy (non-hydrogen) atoms. The molecule has 0 aliphatic carbocycles. The van der Waals surface area contributed by atoms with Gasteiger partial charge in [-0.2, -0.15) is 4.98 Å². The van der Waals surface area contributed by atoms with Crippen LogP contribution in [0.1, 0.15) is 81.9 Å². The Bertz CT molecular complexity index is 1440. The van der Waals surface area contributed by atoms with Gasteiger partial charge >= 0.3 is 0 Å². The van der Waals surface area contributed by atoms with Crippen LogP contribution in [0, 0.1) is 5.41 Å². The van der Waals surface area contributed by atoms with Crippen molar-refractivity contribution in [2.75, 3.05) is 33.2 Å². The molecule has 216 valence electrons. The number of hydrogen-bond donors (Lipinski definition) is 1. The maximum absolute atomic E-state index is 12.5. The number of rotatable bonds is 8. The quantitative estimate of drug-likeness (QED) is 0.427. The second kappa shape index (κ2) is 10.6. The highest BCUT2D eigenvalue weighted by atomic mass is 32.2.